The minimum Gasteiger partial charge on any atom is -0.397 e. The summed E-state index contributed by atoms with van der Waals surface area (Å²) in [6.45, 7) is 1.88. The second-order valence-corrected chi connectivity index (χ2v) is 7.74. The number of nitrogens with zero attached hydrogens (tertiary/aromatic N) is 3. The third-order valence-corrected chi connectivity index (χ3v) is 5.59. The van der Waals surface area contributed by atoms with Crippen LogP contribution in [0.4, 0.5) is 20.2 Å². The number of nitrogens with two attached hydrogens (primary N) is 1. The highest BCUT2D eigenvalue weighted by atomic mass is 19.1. The summed E-state index contributed by atoms with van der Waals surface area (Å²) in [4.78, 5) is 23.8. The number of benzene rings is 1. The van der Waals surface area contributed by atoms with Gasteiger partial charge >= 0.3 is 0 Å². The number of carbonyl (C=O) groups excluding carboxylic acids is 1. The van der Waals surface area contributed by atoms with E-state index in [-0.39, 0.29) is 34.8 Å². The second kappa shape index (κ2) is 9.20. The largest absolute Gasteiger partial charge is 0.397 e. The smallest absolute Gasteiger partial charge is 0.187 e. The van der Waals surface area contributed by atoms with Crippen LogP contribution in [0.25, 0.3) is 11.3 Å². The molecule has 1 aromatic carbocycles. The first-order valence-electron chi connectivity index (χ1n) is 10.5. The Morgan fingerprint density at radius 3 is 2.42 bits per heavy atom. The summed E-state index contributed by atoms with van der Waals surface area (Å²) < 4.78 is 28.4. The van der Waals surface area contributed by atoms with E-state index in [0.29, 0.717) is 0 Å². The van der Waals surface area contributed by atoms with Crippen molar-refractivity contribution in [2.75, 3.05) is 23.7 Å². The predicted molar refractivity (Wildman–Crippen MR) is 117 cm³/mol. The fourth-order valence-electron chi connectivity index (χ4n) is 4.01. The predicted octanol–water partition coefficient (Wildman–Crippen LogP) is 4.81. The van der Waals surface area contributed by atoms with Crippen LogP contribution in [0, 0.1) is 11.6 Å². The lowest BCUT2D eigenvalue weighted by Crippen LogP contribution is -2.25. The number of carbonyl (C=O) groups is 1. The molecular formula is C24H24F2N4O. The number of pyridine rings is 2. The Morgan fingerprint density at radius 2 is 1.71 bits per heavy atom. The molecule has 3 aromatic rings. The van der Waals surface area contributed by atoms with Gasteiger partial charge in [-0.2, -0.15) is 0 Å². The summed E-state index contributed by atoms with van der Waals surface area (Å²) in [7, 11) is 0. The van der Waals surface area contributed by atoms with E-state index in [2.05, 4.69) is 14.9 Å². The molecule has 31 heavy (non-hydrogen) atoms. The lowest BCUT2D eigenvalue weighted by Gasteiger charge is -2.25. The van der Waals surface area contributed by atoms with E-state index in [0.717, 1.165) is 49.3 Å². The van der Waals surface area contributed by atoms with E-state index in [4.69, 9.17) is 5.73 Å². The second-order valence-electron chi connectivity index (χ2n) is 7.74. The number of rotatable bonds is 5. The molecule has 0 unspecified atom stereocenters. The number of Topliss-reactive ketones (excluding diaryl/α,β-unsaturated/α-hetero) is 1. The number of ketones is 1. The molecule has 0 amide bonds. The minimum atomic E-state index is -0.744. The van der Waals surface area contributed by atoms with E-state index in [9.17, 15) is 13.6 Å². The van der Waals surface area contributed by atoms with Crippen LogP contribution in [0.15, 0.2) is 48.8 Å². The maximum absolute atomic E-state index is 14.2. The summed E-state index contributed by atoms with van der Waals surface area (Å²) in [5, 5.41) is 0. The SMILES string of the molecule is Nc1ccc(-c2c(F)cccc2F)nc1C(=O)Cc1cnccc1N1CCCCCC1. The van der Waals surface area contributed by atoms with Crippen molar-refractivity contribution in [2.24, 2.45) is 0 Å². The van der Waals surface area contributed by atoms with Crippen LogP contribution in [0.1, 0.15) is 41.7 Å². The molecule has 0 spiro atoms. The molecule has 1 fully saturated rings. The number of aromatic nitrogens is 2. The van der Waals surface area contributed by atoms with E-state index < -0.39 is 11.6 Å². The molecule has 1 aliphatic rings. The van der Waals surface area contributed by atoms with Gasteiger partial charge in [0, 0.05) is 43.2 Å². The molecule has 0 saturated carbocycles. The normalized spacial score (nSPS) is 14.3. The van der Waals surface area contributed by atoms with Crippen LogP contribution < -0.4 is 10.6 Å². The zero-order chi connectivity index (χ0) is 21.8. The van der Waals surface area contributed by atoms with E-state index in [1.165, 1.54) is 31.0 Å². The maximum Gasteiger partial charge on any atom is 0.187 e. The van der Waals surface area contributed by atoms with Crippen LogP contribution in [0.5, 0.6) is 0 Å². The van der Waals surface area contributed by atoms with Crippen LogP contribution >= 0.6 is 0 Å². The molecule has 1 aliphatic heterocycles. The fraction of sp³-hybridized carbons (Fsp3) is 0.292. The number of hydrogen-bond acceptors (Lipinski definition) is 5. The van der Waals surface area contributed by atoms with Crippen molar-refractivity contribution < 1.29 is 13.6 Å². The Morgan fingerprint density at radius 1 is 1.00 bits per heavy atom. The van der Waals surface area contributed by atoms with Crippen molar-refractivity contribution in [2.45, 2.75) is 32.1 Å². The highest BCUT2D eigenvalue weighted by Crippen LogP contribution is 2.28. The van der Waals surface area contributed by atoms with Crippen LogP contribution in [-0.2, 0) is 6.42 Å². The van der Waals surface area contributed by atoms with Gasteiger partial charge in [-0.15, -0.1) is 0 Å². The van der Waals surface area contributed by atoms with Crippen LogP contribution in [-0.4, -0.2) is 28.8 Å². The van der Waals surface area contributed by atoms with Gasteiger partial charge in [0.1, 0.15) is 17.3 Å². The molecule has 2 aromatic heterocycles. The molecule has 0 radical (unpaired) electrons. The fourth-order valence-corrected chi connectivity index (χ4v) is 4.01. The molecule has 5 nitrogen and oxygen atoms in total. The topological polar surface area (TPSA) is 72.1 Å². The van der Waals surface area contributed by atoms with Gasteiger partial charge in [-0.1, -0.05) is 18.9 Å². The number of nitrogen functional groups attached to an aromatic ring is 1. The van der Waals surface area contributed by atoms with E-state index >= 15 is 0 Å². The quantitative estimate of drug-likeness (QED) is 0.598. The highest BCUT2D eigenvalue weighted by molar-refractivity contribution is 6.01. The summed E-state index contributed by atoms with van der Waals surface area (Å²) >= 11 is 0. The molecular weight excluding hydrogens is 398 g/mol. The van der Waals surface area contributed by atoms with Gasteiger partial charge in [0.15, 0.2) is 5.78 Å². The highest BCUT2D eigenvalue weighted by Gasteiger charge is 2.20. The standard InChI is InChI=1S/C24H24F2N4O/c25-17-6-5-7-18(26)23(17)20-9-8-19(27)24(29-20)22(31)14-16-15-28-11-10-21(16)30-12-3-1-2-4-13-30/h5-11,15H,1-4,12-14,27H2. The van der Waals surface area contributed by atoms with Crippen molar-refractivity contribution in [3.8, 4) is 11.3 Å². The third-order valence-electron chi connectivity index (χ3n) is 5.59. The average molecular weight is 422 g/mol. The van der Waals surface area contributed by atoms with Crippen LogP contribution in [0.2, 0.25) is 0 Å². The molecule has 0 bridgehead atoms. The van der Waals surface area contributed by atoms with Crippen molar-refractivity contribution >= 4 is 17.2 Å². The molecule has 0 atom stereocenters. The van der Waals surface area contributed by atoms with Gasteiger partial charge in [-0.3, -0.25) is 9.78 Å². The Kier molecular flexibility index (Phi) is 6.21. The molecule has 7 heteroatoms. The summed E-state index contributed by atoms with van der Waals surface area (Å²) in [6, 6.07) is 8.39. The van der Waals surface area contributed by atoms with Gasteiger partial charge in [0.25, 0.3) is 0 Å². The number of hydrogen-bond donors (Lipinski definition) is 1. The average Bonchev–Trinajstić information content (AvgIpc) is 3.04. The third kappa shape index (κ3) is 4.55. The molecule has 1 saturated heterocycles. The maximum atomic E-state index is 14.2. The molecule has 4 rings (SSSR count). The van der Waals surface area contributed by atoms with Gasteiger partial charge in [0.2, 0.25) is 0 Å². The number of anilines is 2. The molecule has 2 N–H and O–H groups in total. The van der Waals surface area contributed by atoms with Crippen molar-refractivity contribution in [1.82, 2.24) is 9.97 Å². The Hall–Kier alpha value is -3.35. The van der Waals surface area contributed by atoms with Crippen LogP contribution in [0.3, 0.4) is 0 Å². The lowest BCUT2D eigenvalue weighted by atomic mass is 10.0. The van der Waals surface area contributed by atoms with Gasteiger partial charge < -0.3 is 10.6 Å². The van der Waals surface area contributed by atoms with Gasteiger partial charge in [-0.05, 0) is 43.2 Å². The Labute approximate surface area is 179 Å². The zero-order valence-electron chi connectivity index (χ0n) is 17.2. The Bertz CT molecular complexity index is 1070. The first kappa shape index (κ1) is 20.9. The number of halogens is 2. The first-order chi connectivity index (χ1) is 15.0. The van der Waals surface area contributed by atoms with Gasteiger partial charge in [0.05, 0.1) is 16.9 Å². The Balaban J connectivity index is 1.64. The summed E-state index contributed by atoms with van der Waals surface area (Å²) in [5.74, 6) is -1.81. The zero-order valence-corrected chi connectivity index (χ0v) is 17.2. The molecule has 3 heterocycles. The monoisotopic (exact) mass is 422 g/mol. The minimum absolute atomic E-state index is 0.00539. The van der Waals surface area contributed by atoms with Crippen molar-refractivity contribution in [3.05, 3.63) is 71.7 Å². The van der Waals surface area contributed by atoms with Crippen molar-refractivity contribution in [1.29, 1.82) is 0 Å². The van der Waals surface area contributed by atoms with E-state index in [1.54, 1.807) is 12.4 Å². The first-order valence-corrected chi connectivity index (χ1v) is 10.5. The molecule has 0 aliphatic carbocycles. The van der Waals surface area contributed by atoms with Crippen molar-refractivity contribution in [3.63, 3.8) is 0 Å². The summed E-state index contributed by atoms with van der Waals surface area (Å²) in [5.41, 5.74) is 7.72. The van der Waals surface area contributed by atoms with Gasteiger partial charge in [-0.25, -0.2) is 13.8 Å². The molecule has 160 valence electrons. The lowest BCUT2D eigenvalue weighted by molar-refractivity contribution is 0.0989. The van der Waals surface area contributed by atoms with E-state index in [1.807, 2.05) is 6.07 Å². The summed E-state index contributed by atoms with van der Waals surface area (Å²) in [6.07, 6.45) is 8.10.